The lowest BCUT2D eigenvalue weighted by Crippen LogP contribution is -2.64. The molecule has 5 nitrogen and oxygen atoms in total. The minimum absolute atomic E-state index is 0.131. The van der Waals surface area contributed by atoms with E-state index in [4.69, 9.17) is 5.11 Å². The molecule has 90 valence electrons. The number of hydrogen-bond acceptors (Lipinski definition) is 2. The Balaban J connectivity index is 1.89. The Bertz CT molecular complexity index is 319. The first kappa shape index (κ1) is 11.2. The van der Waals surface area contributed by atoms with Gasteiger partial charge in [-0.3, -0.25) is 0 Å². The maximum atomic E-state index is 11.7. The number of aliphatic carboxylic acids is 1. The summed E-state index contributed by atoms with van der Waals surface area (Å²) in [5.41, 5.74) is -1.14. The van der Waals surface area contributed by atoms with Crippen molar-refractivity contribution in [2.24, 2.45) is 0 Å². The van der Waals surface area contributed by atoms with Gasteiger partial charge in [0, 0.05) is 5.54 Å². The highest BCUT2D eigenvalue weighted by molar-refractivity contribution is 5.87. The molecule has 2 rings (SSSR count). The molecule has 0 bridgehead atoms. The zero-order valence-electron chi connectivity index (χ0n) is 9.51. The maximum Gasteiger partial charge on any atom is 0.329 e. The second kappa shape index (κ2) is 3.64. The summed E-state index contributed by atoms with van der Waals surface area (Å²) < 4.78 is 0. The molecule has 0 aromatic rings. The SMILES string of the molecule is CC1(NC(=O)NC2(C(=O)O)CCC2)CCC1. The van der Waals surface area contributed by atoms with E-state index >= 15 is 0 Å². The zero-order valence-corrected chi connectivity index (χ0v) is 9.51. The number of carboxylic acids is 1. The van der Waals surface area contributed by atoms with Crippen LogP contribution in [0.1, 0.15) is 45.4 Å². The quantitative estimate of drug-likeness (QED) is 0.677. The molecule has 3 N–H and O–H groups in total. The number of urea groups is 1. The highest BCUT2D eigenvalue weighted by Crippen LogP contribution is 2.33. The first-order valence-electron chi connectivity index (χ1n) is 5.80. The number of amides is 2. The van der Waals surface area contributed by atoms with E-state index in [-0.39, 0.29) is 11.6 Å². The standard InChI is InChI=1S/C11H18N2O3/c1-10(4-2-5-10)12-9(16)13-11(8(14)15)6-3-7-11/h2-7H2,1H3,(H,14,15)(H2,12,13,16). The molecule has 0 radical (unpaired) electrons. The summed E-state index contributed by atoms with van der Waals surface area (Å²) in [5.74, 6) is -0.923. The van der Waals surface area contributed by atoms with E-state index in [1.165, 1.54) is 0 Å². The van der Waals surface area contributed by atoms with Crippen LogP contribution in [0.15, 0.2) is 0 Å². The van der Waals surface area contributed by atoms with Crippen molar-refractivity contribution in [1.82, 2.24) is 10.6 Å². The van der Waals surface area contributed by atoms with Crippen LogP contribution in [-0.4, -0.2) is 28.2 Å². The first-order chi connectivity index (χ1) is 7.46. The summed E-state index contributed by atoms with van der Waals surface area (Å²) in [6, 6.07) is -0.343. The molecule has 0 spiro atoms. The Morgan fingerprint density at radius 3 is 1.94 bits per heavy atom. The van der Waals surface area contributed by atoms with Crippen molar-refractivity contribution in [2.75, 3.05) is 0 Å². The lowest BCUT2D eigenvalue weighted by Gasteiger charge is -2.42. The smallest absolute Gasteiger partial charge is 0.329 e. The van der Waals surface area contributed by atoms with E-state index in [2.05, 4.69) is 10.6 Å². The van der Waals surface area contributed by atoms with E-state index in [1.54, 1.807) is 0 Å². The molecule has 2 fully saturated rings. The van der Waals surface area contributed by atoms with Gasteiger partial charge in [-0.1, -0.05) is 0 Å². The number of nitrogens with one attached hydrogen (secondary N) is 2. The molecule has 5 heteroatoms. The Hall–Kier alpha value is -1.26. The van der Waals surface area contributed by atoms with Crippen LogP contribution < -0.4 is 10.6 Å². The maximum absolute atomic E-state index is 11.7. The van der Waals surface area contributed by atoms with Gasteiger partial charge in [-0.05, 0) is 45.4 Å². The fraction of sp³-hybridized carbons (Fsp3) is 0.818. The van der Waals surface area contributed by atoms with Gasteiger partial charge in [-0.15, -0.1) is 0 Å². The summed E-state index contributed by atoms with van der Waals surface area (Å²) in [4.78, 5) is 22.7. The van der Waals surface area contributed by atoms with E-state index in [1.807, 2.05) is 6.92 Å². The molecule has 0 unspecified atom stereocenters. The lowest BCUT2D eigenvalue weighted by molar-refractivity contribution is -0.148. The van der Waals surface area contributed by atoms with Gasteiger partial charge in [0.15, 0.2) is 0 Å². The van der Waals surface area contributed by atoms with Crippen molar-refractivity contribution in [3.8, 4) is 0 Å². The lowest BCUT2D eigenvalue weighted by atomic mass is 9.76. The van der Waals surface area contributed by atoms with Gasteiger partial charge in [0.1, 0.15) is 5.54 Å². The third kappa shape index (κ3) is 1.86. The van der Waals surface area contributed by atoms with Crippen LogP contribution in [0.25, 0.3) is 0 Å². The molecule has 2 saturated carbocycles. The minimum atomic E-state index is -1.01. The molecule has 2 aliphatic carbocycles. The van der Waals surface area contributed by atoms with Crippen molar-refractivity contribution in [1.29, 1.82) is 0 Å². The first-order valence-corrected chi connectivity index (χ1v) is 5.80. The van der Waals surface area contributed by atoms with Crippen LogP contribution >= 0.6 is 0 Å². The van der Waals surface area contributed by atoms with Gasteiger partial charge < -0.3 is 15.7 Å². The van der Waals surface area contributed by atoms with Crippen LogP contribution in [-0.2, 0) is 4.79 Å². The van der Waals surface area contributed by atoms with Crippen molar-refractivity contribution in [2.45, 2.75) is 56.5 Å². The molecule has 0 aromatic carbocycles. The summed E-state index contributed by atoms with van der Waals surface area (Å²) >= 11 is 0. The van der Waals surface area contributed by atoms with Gasteiger partial charge in [0.25, 0.3) is 0 Å². The number of rotatable bonds is 3. The molecule has 16 heavy (non-hydrogen) atoms. The van der Waals surface area contributed by atoms with Crippen molar-refractivity contribution in [3.05, 3.63) is 0 Å². The largest absolute Gasteiger partial charge is 0.480 e. The molecule has 2 amide bonds. The monoisotopic (exact) mass is 226 g/mol. The van der Waals surface area contributed by atoms with E-state index < -0.39 is 11.5 Å². The fourth-order valence-corrected chi connectivity index (χ4v) is 2.28. The van der Waals surface area contributed by atoms with Gasteiger partial charge in [-0.25, -0.2) is 9.59 Å². The van der Waals surface area contributed by atoms with E-state index in [0.717, 1.165) is 25.7 Å². The van der Waals surface area contributed by atoms with Crippen molar-refractivity contribution in [3.63, 3.8) is 0 Å². The highest BCUT2D eigenvalue weighted by atomic mass is 16.4. The molecular formula is C11H18N2O3. The van der Waals surface area contributed by atoms with Gasteiger partial charge in [0.2, 0.25) is 0 Å². The third-order valence-corrected chi connectivity index (χ3v) is 3.84. The summed E-state index contributed by atoms with van der Waals surface area (Å²) in [5, 5.41) is 14.5. The normalized spacial score (nSPS) is 24.8. The third-order valence-electron chi connectivity index (χ3n) is 3.84. The Kier molecular flexibility index (Phi) is 2.56. The average molecular weight is 226 g/mol. The minimum Gasteiger partial charge on any atom is -0.480 e. The van der Waals surface area contributed by atoms with Crippen LogP contribution in [0.4, 0.5) is 4.79 Å². The van der Waals surface area contributed by atoms with Crippen LogP contribution in [0.3, 0.4) is 0 Å². The van der Waals surface area contributed by atoms with Gasteiger partial charge in [0.05, 0.1) is 0 Å². The number of hydrogen-bond donors (Lipinski definition) is 3. The Labute approximate surface area is 94.6 Å². The molecule has 2 aliphatic rings. The predicted octanol–water partition coefficient (Wildman–Crippen LogP) is 1.24. The molecule has 0 heterocycles. The summed E-state index contributed by atoms with van der Waals surface area (Å²) in [7, 11) is 0. The molecule has 0 atom stereocenters. The van der Waals surface area contributed by atoms with Gasteiger partial charge >= 0.3 is 12.0 Å². The second-order valence-corrected chi connectivity index (χ2v) is 5.23. The highest BCUT2D eigenvalue weighted by Gasteiger charge is 2.46. The van der Waals surface area contributed by atoms with Crippen LogP contribution in [0.2, 0.25) is 0 Å². The van der Waals surface area contributed by atoms with Crippen LogP contribution in [0.5, 0.6) is 0 Å². The van der Waals surface area contributed by atoms with Crippen LogP contribution in [0, 0.1) is 0 Å². The zero-order chi connectivity index (χ0) is 11.8. The Morgan fingerprint density at radius 1 is 1.06 bits per heavy atom. The van der Waals surface area contributed by atoms with E-state index in [0.29, 0.717) is 12.8 Å². The second-order valence-electron chi connectivity index (χ2n) is 5.23. The number of carbonyl (C=O) groups excluding carboxylic acids is 1. The molecule has 0 aliphatic heterocycles. The van der Waals surface area contributed by atoms with Gasteiger partial charge in [-0.2, -0.15) is 0 Å². The number of carbonyl (C=O) groups is 2. The summed E-state index contributed by atoms with van der Waals surface area (Å²) in [6.45, 7) is 1.99. The summed E-state index contributed by atoms with van der Waals surface area (Å²) in [6.07, 6.45) is 5.00. The average Bonchev–Trinajstić information content (AvgIpc) is 2.08. The van der Waals surface area contributed by atoms with Crippen molar-refractivity contribution >= 4 is 12.0 Å². The van der Waals surface area contributed by atoms with E-state index in [9.17, 15) is 9.59 Å². The number of carboxylic acid groups (broad SMARTS) is 1. The Morgan fingerprint density at radius 2 is 1.62 bits per heavy atom. The van der Waals surface area contributed by atoms with Crippen molar-refractivity contribution < 1.29 is 14.7 Å². The molecule has 0 saturated heterocycles. The molecule has 0 aromatic heterocycles. The molecular weight excluding hydrogens is 208 g/mol. The predicted molar refractivity (Wildman–Crippen MR) is 58.1 cm³/mol. The topological polar surface area (TPSA) is 78.4 Å². The fourth-order valence-electron chi connectivity index (χ4n) is 2.28.